The lowest BCUT2D eigenvalue weighted by Crippen LogP contribution is -2.52. The van der Waals surface area contributed by atoms with Crippen molar-refractivity contribution in [2.75, 3.05) is 0 Å². The molecule has 1 N–H and O–H groups in total. The van der Waals surface area contributed by atoms with Gasteiger partial charge < -0.3 is 10.2 Å². The van der Waals surface area contributed by atoms with Gasteiger partial charge in [0.15, 0.2) is 0 Å². The topological polar surface area (TPSA) is 49.4 Å². The summed E-state index contributed by atoms with van der Waals surface area (Å²) in [5.41, 5.74) is 3.19. The molecule has 0 spiro atoms. The Morgan fingerprint density at radius 2 is 1.42 bits per heavy atom. The van der Waals surface area contributed by atoms with E-state index in [1.165, 1.54) is 6.42 Å². The average Bonchev–Trinajstić information content (AvgIpc) is 2.92. The Balaban J connectivity index is 1.60. The van der Waals surface area contributed by atoms with Crippen molar-refractivity contribution < 1.29 is 9.59 Å². The van der Waals surface area contributed by atoms with E-state index in [0.717, 1.165) is 46.8 Å². The van der Waals surface area contributed by atoms with Crippen molar-refractivity contribution in [1.82, 2.24) is 10.2 Å². The van der Waals surface area contributed by atoms with Crippen molar-refractivity contribution in [3.05, 3.63) is 106 Å². The van der Waals surface area contributed by atoms with Crippen molar-refractivity contribution >= 4 is 27.7 Å². The molecule has 2 amide bonds. The zero-order valence-electron chi connectivity index (χ0n) is 20.7. The van der Waals surface area contributed by atoms with Crippen LogP contribution >= 0.6 is 15.9 Å². The fourth-order valence-electron chi connectivity index (χ4n) is 4.92. The largest absolute Gasteiger partial charge is 0.352 e. The minimum atomic E-state index is -0.568. The van der Waals surface area contributed by atoms with Crippen molar-refractivity contribution in [2.24, 2.45) is 0 Å². The summed E-state index contributed by atoms with van der Waals surface area (Å²) in [5.74, 6) is -0.0441. The Morgan fingerprint density at radius 3 is 2.06 bits per heavy atom. The fourth-order valence-corrected chi connectivity index (χ4v) is 5.19. The minimum Gasteiger partial charge on any atom is -0.352 e. The Hall–Kier alpha value is -2.92. The maximum Gasteiger partial charge on any atom is 0.243 e. The first kappa shape index (κ1) is 26.2. The predicted molar refractivity (Wildman–Crippen MR) is 148 cm³/mol. The Kier molecular flexibility index (Phi) is 9.74. The zero-order valence-corrected chi connectivity index (χ0v) is 22.3. The highest BCUT2D eigenvalue weighted by Crippen LogP contribution is 2.21. The summed E-state index contributed by atoms with van der Waals surface area (Å²) in [6.45, 7) is 0.399. The van der Waals surface area contributed by atoms with Gasteiger partial charge >= 0.3 is 0 Å². The molecule has 1 atom stereocenters. The van der Waals surface area contributed by atoms with Crippen LogP contribution in [0.2, 0.25) is 0 Å². The SMILES string of the molecule is O=C(NC1CCCCC1)[C@H](Cc1ccccc1)N(Cc1ccc(Br)cc1)C(=O)CCc1ccccc1. The van der Waals surface area contributed by atoms with Crippen molar-refractivity contribution in [2.45, 2.75) is 70.0 Å². The summed E-state index contributed by atoms with van der Waals surface area (Å²) in [5, 5.41) is 3.30. The standard InChI is InChI=1S/C31H35BrN2O2/c32-27-19-16-26(17-20-27)23-34(30(35)21-18-24-10-4-1-5-11-24)29(22-25-12-6-2-7-13-25)31(36)33-28-14-8-3-9-15-28/h1-2,4-7,10-13,16-17,19-20,28-29H,3,8-9,14-15,18,21-23H2,(H,33,36)/t29-/m0/s1. The zero-order chi connectivity index (χ0) is 25.2. The van der Waals surface area contributed by atoms with Crippen molar-refractivity contribution in [3.63, 3.8) is 0 Å². The first-order valence-electron chi connectivity index (χ1n) is 13.0. The van der Waals surface area contributed by atoms with E-state index in [1.54, 1.807) is 4.90 Å². The van der Waals surface area contributed by atoms with E-state index in [1.807, 2.05) is 84.9 Å². The molecule has 5 heteroatoms. The summed E-state index contributed by atoms with van der Waals surface area (Å²) in [6.07, 6.45) is 7.05. The smallest absolute Gasteiger partial charge is 0.243 e. The van der Waals surface area contributed by atoms with Crippen LogP contribution in [0.1, 0.15) is 55.2 Å². The third-order valence-electron chi connectivity index (χ3n) is 6.96. The van der Waals surface area contributed by atoms with Crippen molar-refractivity contribution in [3.8, 4) is 0 Å². The summed E-state index contributed by atoms with van der Waals surface area (Å²) in [4.78, 5) is 29.3. The molecule has 1 aliphatic rings. The molecule has 3 aromatic carbocycles. The first-order valence-corrected chi connectivity index (χ1v) is 13.8. The molecule has 0 aromatic heterocycles. The van der Waals surface area contributed by atoms with Crippen LogP contribution in [0, 0.1) is 0 Å². The van der Waals surface area contributed by atoms with Gasteiger partial charge in [0.1, 0.15) is 6.04 Å². The minimum absolute atomic E-state index is 0.00139. The van der Waals surface area contributed by atoms with Crippen LogP contribution in [-0.2, 0) is 29.0 Å². The van der Waals surface area contributed by atoms with Gasteiger partial charge in [0.25, 0.3) is 0 Å². The van der Waals surface area contributed by atoms with Crippen LogP contribution < -0.4 is 5.32 Å². The fraction of sp³-hybridized carbons (Fsp3) is 0.355. The second-order valence-electron chi connectivity index (χ2n) is 9.68. The summed E-state index contributed by atoms with van der Waals surface area (Å²) in [6, 6.07) is 27.7. The van der Waals surface area contributed by atoms with Crippen LogP contribution in [0.3, 0.4) is 0 Å². The lowest BCUT2D eigenvalue weighted by atomic mass is 9.94. The Bertz CT molecular complexity index is 1100. The maximum atomic E-state index is 13.8. The van der Waals surface area contributed by atoms with Gasteiger partial charge in [0, 0.05) is 29.9 Å². The molecule has 0 saturated heterocycles. The van der Waals surface area contributed by atoms with Gasteiger partial charge in [-0.2, -0.15) is 0 Å². The van der Waals surface area contributed by atoms with E-state index in [-0.39, 0.29) is 17.9 Å². The average molecular weight is 548 g/mol. The van der Waals surface area contributed by atoms with E-state index in [0.29, 0.717) is 25.8 Å². The number of benzene rings is 3. The van der Waals surface area contributed by atoms with Crippen LogP contribution in [0.5, 0.6) is 0 Å². The molecule has 3 aromatic rings. The van der Waals surface area contributed by atoms with Crippen LogP contribution in [0.4, 0.5) is 0 Å². The number of halogens is 1. The number of carbonyl (C=O) groups excluding carboxylic acids is 2. The van der Waals surface area contributed by atoms with Gasteiger partial charge in [-0.05, 0) is 48.1 Å². The molecule has 0 aliphatic heterocycles. The molecule has 4 nitrogen and oxygen atoms in total. The number of rotatable bonds is 10. The molecule has 1 saturated carbocycles. The van der Waals surface area contributed by atoms with Gasteiger partial charge in [0.2, 0.25) is 11.8 Å². The third kappa shape index (κ3) is 7.79. The number of hydrogen-bond donors (Lipinski definition) is 1. The van der Waals surface area contributed by atoms with Crippen LogP contribution in [-0.4, -0.2) is 28.8 Å². The van der Waals surface area contributed by atoms with Gasteiger partial charge in [-0.3, -0.25) is 9.59 Å². The molecule has 0 unspecified atom stereocenters. The van der Waals surface area contributed by atoms with Gasteiger partial charge in [-0.1, -0.05) is 108 Å². The number of hydrogen-bond acceptors (Lipinski definition) is 2. The van der Waals surface area contributed by atoms with E-state index >= 15 is 0 Å². The highest BCUT2D eigenvalue weighted by atomic mass is 79.9. The number of nitrogens with zero attached hydrogens (tertiary/aromatic N) is 1. The van der Waals surface area contributed by atoms with Gasteiger partial charge in [-0.15, -0.1) is 0 Å². The molecule has 188 valence electrons. The summed E-state index contributed by atoms with van der Waals surface area (Å²) in [7, 11) is 0. The number of nitrogens with one attached hydrogen (secondary N) is 1. The molecule has 4 rings (SSSR count). The van der Waals surface area contributed by atoms with Gasteiger partial charge in [0.05, 0.1) is 0 Å². The second-order valence-corrected chi connectivity index (χ2v) is 10.6. The maximum absolute atomic E-state index is 13.8. The second kappa shape index (κ2) is 13.4. The van der Waals surface area contributed by atoms with Crippen LogP contribution in [0.25, 0.3) is 0 Å². The molecular formula is C31H35BrN2O2. The van der Waals surface area contributed by atoms with Crippen molar-refractivity contribution in [1.29, 1.82) is 0 Å². The third-order valence-corrected chi connectivity index (χ3v) is 7.49. The normalized spacial score (nSPS) is 14.7. The van der Waals surface area contributed by atoms with Crippen LogP contribution in [0.15, 0.2) is 89.4 Å². The molecule has 36 heavy (non-hydrogen) atoms. The summed E-state index contributed by atoms with van der Waals surface area (Å²) >= 11 is 3.50. The van der Waals surface area contributed by atoms with Gasteiger partial charge in [-0.25, -0.2) is 0 Å². The number of carbonyl (C=O) groups is 2. The lowest BCUT2D eigenvalue weighted by molar-refractivity contribution is -0.141. The molecule has 1 fully saturated rings. The van der Waals surface area contributed by atoms with E-state index in [9.17, 15) is 9.59 Å². The molecular weight excluding hydrogens is 512 g/mol. The number of aryl methyl sites for hydroxylation is 1. The monoisotopic (exact) mass is 546 g/mol. The van der Waals surface area contributed by atoms with E-state index in [4.69, 9.17) is 0 Å². The predicted octanol–water partition coefficient (Wildman–Crippen LogP) is 6.47. The molecule has 1 aliphatic carbocycles. The van der Waals surface area contributed by atoms with E-state index in [2.05, 4.69) is 21.2 Å². The number of amides is 2. The quantitative estimate of drug-likeness (QED) is 0.316. The first-order chi connectivity index (χ1) is 17.6. The summed E-state index contributed by atoms with van der Waals surface area (Å²) < 4.78 is 0.990. The molecule has 0 bridgehead atoms. The lowest BCUT2D eigenvalue weighted by Gasteiger charge is -2.33. The highest BCUT2D eigenvalue weighted by Gasteiger charge is 2.31. The Labute approximate surface area is 223 Å². The van der Waals surface area contributed by atoms with E-state index < -0.39 is 6.04 Å². The Morgan fingerprint density at radius 1 is 0.806 bits per heavy atom. The highest BCUT2D eigenvalue weighted by molar-refractivity contribution is 9.10. The molecule has 0 heterocycles. The molecule has 0 radical (unpaired) electrons.